The van der Waals surface area contributed by atoms with E-state index in [1.807, 2.05) is 23.5 Å². The highest BCUT2D eigenvalue weighted by molar-refractivity contribution is 7.26. The minimum atomic E-state index is -0.141. The zero-order valence-electron chi connectivity index (χ0n) is 28.3. The van der Waals surface area contributed by atoms with Crippen molar-refractivity contribution in [1.82, 2.24) is 14.5 Å². The second-order valence-corrected chi connectivity index (χ2v) is 15.9. The number of hydrogen-bond donors (Lipinski definition) is 0. The molecule has 0 radical (unpaired) electrons. The molecule has 13 rings (SSSR count). The van der Waals surface area contributed by atoms with Crippen LogP contribution >= 0.6 is 11.3 Å². The van der Waals surface area contributed by atoms with Crippen molar-refractivity contribution in [3.63, 3.8) is 0 Å². The number of rotatable bonds is 2. The van der Waals surface area contributed by atoms with Crippen LogP contribution in [-0.4, -0.2) is 14.5 Å². The Kier molecular flexibility index (Phi) is 4.81. The number of aromatic nitrogens is 3. The van der Waals surface area contributed by atoms with Crippen molar-refractivity contribution < 1.29 is 4.42 Å². The molecule has 4 nitrogen and oxygen atoms in total. The molecule has 52 heavy (non-hydrogen) atoms. The number of fused-ring (bicyclic) bond motifs is 7. The van der Waals surface area contributed by atoms with Gasteiger partial charge >= 0.3 is 0 Å². The Morgan fingerprint density at radius 1 is 0.558 bits per heavy atom. The van der Waals surface area contributed by atoms with Crippen LogP contribution in [0.1, 0.15) is 25.0 Å². The highest BCUT2D eigenvalue weighted by Gasteiger charge is 2.37. The maximum absolute atomic E-state index is 6.71. The van der Waals surface area contributed by atoms with Gasteiger partial charge in [0.15, 0.2) is 5.58 Å². The largest absolute Gasteiger partial charge is 0.452 e. The second kappa shape index (κ2) is 9.13. The minimum absolute atomic E-state index is 0.141. The average molecular weight is 682 g/mol. The van der Waals surface area contributed by atoms with E-state index < -0.39 is 0 Å². The average Bonchev–Trinajstić information content (AvgIpc) is 3.88. The summed E-state index contributed by atoms with van der Waals surface area (Å²) in [6, 6.07) is 46.3. The summed E-state index contributed by atoms with van der Waals surface area (Å²) in [5.74, 6) is 0.647. The van der Waals surface area contributed by atoms with Gasteiger partial charge in [0.05, 0.1) is 11.0 Å². The van der Waals surface area contributed by atoms with Crippen LogP contribution in [0.2, 0.25) is 0 Å². The molecule has 242 valence electrons. The van der Waals surface area contributed by atoms with E-state index in [0.29, 0.717) is 11.5 Å². The molecule has 0 aliphatic heterocycles. The van der Waals surface area contributed by atoms with Crippen molar-refractivity contribution in [3.05, 3.63) is 139 Å². The van der Waals surface area contributed by atoms with E-state index in [4.69, 9.17) is 14.4 Å². The van der Waals surface area contributed by atoms with Crippen LogP contribution in [0.5, 0.6) is 0 Å². The van der Waals surface area contributed by atoms with Gasteiger partial charge in [0.2, 0.25) is 5.95 Å². The van der Waals surface area contributed by atoms with Gasteiger partial charge in [-0.3, -0.25) is 4.57 Å². The van der Waals surface area contributed by atoms with Crippen molar-refractivity contribution >= 4 is 86.2 Å². The third kappa shape index (κ3) is 3.12. The third-order valence-corrected chi connectivity index (χ3v) is 13.1. The SMILES string of the molecule is CC1(C)c2ccccc2-c2c(-c3nc(-n4c5ccc6cccc7c6c5c5c6c(ccc54)sc4cccc-7c46)nc4c3oc3ccccc34)cccc21. The van der Waals surface area contributed by atoms with E-state index >= 15 is 0 Å². The quantitative estimate of drug-likeness (QED) is 0.182. The van der Waals surface area contributed by atoms with E-state index in [-0.39, 0.29) is 5.41 Å². The summed E-state index contributed by atoms with van der Waals surface area (Å²) in [6.07, 6.45) is 0. The predicted octanol–water partition coefficient (Wildman–Crippen LogP) is 12.9. The van der Waals surface area contributed by atoms with E-state index in [9.17, 15) is 0 Å². The van der Waals surface area contributed by atoms with Gasteiger partial charge < -0.3 is 4.42 Å². The molecule has 0 atom stereocenters. The van der Waals surface area contributed by atoms with Crippen molar-refractivity contribution in [2.45, 2.75) is 19.3 Å². The first-order valence-corrected chi connectivity index (χ1v) is 18.7. The fraction of sp³-hybridized carbons (Fsp3) is 0.0638. The van der Waals surface area contributed by atoms with Gasteiger partial charge in [-0.1, -0.05) is 105 Å². The molecular formula is C47H27N3OS. The fourth-order valence-electron chi connectivity index (χ4n) is 9.75. The summed E-state index contributed by atoms with van der Waals surface area (Å²) in [5.41, 5.74) is 14.0. The van der Waals surface area contributed by atoms with Gasteiger partial charge in [-0.2, -0.15) is 0 Å². The molecule has 0 saturated heterocycles. The maximum Gasteiger partial charge on any atom is 0.236 e. The molecule has 0 N–H and O–H groups in total. The van der Waals surface area contributed by atoms with Crippen LogP contribution in [0.15, 0.2) is 132 Å². The number of thiophene rings is 1. The summed E-state index contributed by atoms with van der Waals surface area (Å²) < 4.78 is 11.6. The summed E-state index contributed by atoms with van der Waals surface area (Å²) in [7, 11) is 0. The summed E-state index contributed by atoms with van der Waals surface area (Å²) >= 11 is 1.88. The standard InChI is InChI=1S/C47H27N3OS/c1-47(2)30-16-5-3-11-27(30)38-29(15-8-17-31(38)47)44-45-43(28-12-4-6-18-34(28)51-45)48-46(49-44)50-32-21-20-24-10-7-13-25-26-14-9-19-35-39(26)42-36(52-35)23-22-33(50)41(42)40(32)37(24)25/h3-23H,1-2H3. The van der Waals surface area contributed by atoms with Gasteiger partial charge in [0.1, 0.15) is 16.8 Å². The Labute approximate surface area is 301 Å². The van der Waals surface area contributed by atoms with Gasteiger partial charge in [-0.15, -0.1) is 11.3 Å². The minimum Gasteiger partial charge on any atom is -0.452 e. The van der Waals surface area contributed by atoms with Gasteiger partial charge in [0, 0.05) is 47.3 Å². The number of para-hydroxylation sites is 1. The molecule has 4 heterocycles. The molecule has 5 heteroatoms. The first-order valence-electron chi connectivity index (χ1n) is 17.8. The van der Waals surface area contributed by atoms with Crippen LogP contribution in [0.4, 0.5) is 0 Å². The molecule has 2 aliphatic rings. The van der Waals surface area contributed by atoms with Gasteiger partial charge in [-0.05, 0) is 80.6 Å². The summed E-state index contributed by atoms with van der Waals surface area (Å²) in [4.78, 5) is 11.0. The molecule has 0 bridgehead atoms. The van der Waals surface area contributed by atoms with E-state index in [0.717, 1.165) is 38.8 Å². The van der Waals surface area contributed by atoms with Crippen molar-refractivity contribution in [1.29, 1.82) is 0 Å². The summed E-state index contributed by atoms with van der Waals surface area (Å²) in [5, 5.41) is 8.74. The lowest BCUT2D eigenvalue weighted by Crippen LogP contribution is -2.14. The molecule has 0 spiro atoms. The molecule has 2 aliphatic carbocycles. The number of nitrogens with zero attached hydrogens (tertiary/aromatic N) is 3. The first kappa shape index (κ1) is 27.4. The number of hydrogen-bond acceptors (Lipinski definition) is 4. The van der Waals surface area contributed by atoms with Crippen molar-refractivity contribution in [2.75, 3.05) is 0 Å². The van der Waals surface area contributed by atoms with Crippen LogP contribution in [-0.2, 0) is 5.41 Å². The predicted molar refractivity (Wildman–Crippen MR) is 216 cm³/mol. The van der Waals surface area contributed by atoms with E-state index in [1.54, 1.807) is 0 Å². The van der Waals surface area contributed by atoms with Crippen LogP contribution in [0.25, 0.3) is 114 Å². The highest BCUT2D eigenvalue weighted by Crippen LogP contribution is 2.54. The lowest BCUT2D eigenvalue weighted by Gasteiger charge is -2.21. The Bertz CT molecular complexity index is 3450. The molecule has 11 aromatic rings. The van der Waals surface area contributed by atoms with Crippen LogP contribution in [0, 0.1) is 0 Å². The van der Waals surface area contributed by atoms with Crippen molar-refractivity contribution in [3.8, 4) is 39.5 Å². The zero-order chi connectivity index (χ0) is 34.0. The Morgan fingerprint density at radius 3 is 2.17 bits per heavy atom. The smallest absolute Gasteiger partial charge is 0.236 e. The number of benzene rings is 7. The monoisotopic (exact) mass is 681 g/mol. The molecule has 4 aromatic heterocycles. The van der Waals surface area contributed by atoms with Crippen LogP contribution < -0.4 is 0 Å². The lowest BCUT2D eigenvalue weighted by atomic mass is 9.82. The van der Waals surface area contributed by atoms with Crippen LogP contribution in [0.3, 0.4) is 0 Å². The molecule has 7 aromatic carbocycles. The normalized spacial score (nSPS) is 14.1. The molecular weight excluding hydrogens is 655 g/mol. The maximum atomic E-state index is 6.71. The number of furan rings is 1. The van der Waals surface area contributed by atoms with Crippen molar-refractivity contribution in [2.24, 2.45) is 0 Å². The fourth-order valence-corrected chi connectivity index (χ4v) is 10.9. The summed E-state index contributed by atoms with van der Waals surface area (Å²) in [6.45, 7) is 4.65. The lowest BCUT2D eigenvalue weighted by molar-refractivity contribution is 0.660. The van der Waals surface area contributed by atoms with Gasteiger partial charge in [0.25, 0.3) is 0 Å². The molecule has 0 amide bonds. The topological polar surface area (TPSA) is 43.9 Å². The third-order valence-electron chi connectivity index (χ3n) is 12.0. The first-order chi connectivity index (χ1) is 25.6. The molecule has 0 unspecified atom stereocenters. The molecule has 0 fully saturated rings. The molecule has 0 saturated carbocycles. The second-order valence-electron chi connectivity index (χ2n) is 14.9. The Balaban J connectivity index is 1.22. The van der Waals surface area contributed by atoms with Gasteiger partial charge in [-0.25, -0.2) is 9.97 Å². The Morgan fingerprint density at radius 2 is 1.25 bits per heavy atom. The van der Waals surface area contributed by atoms with E-state index in [2.05, 4.69) is 134 Å². The zero-order valence-corrected chi connectivity index (χ0v) is 29.1. The highest BCUT2D eigenvalue weighted by atomic mass is 32.1. The van der Waals surface area contributed by atoms with E-state index in [1.165, 1.54) is 75.1 Å². The Hall–Kier alpha value is -6.30.